The van der Waals surface area contributed by atoms with E-state index in [-0.39, 0.29) is 18.5 Å². The third-order valence-electron chi connectivity index (χ3n) is 5.42. The summed E-state index contributed by atoms with van der Waals surface area (Å²) >= 11 is 22.8. The standard InChI is InChI=1S/C26H26BrCl2NO5S2/c1-3-34-21-13-16(12-18(27)24(21)35-15-17-19(28)8-7-9-20(17)29)14-22-25(32)30(26(36)37-22)11-6-4-5-10-23(31)33-2/h7-9,12-14H,3-6,10-11,15H2,1-2H3/b22-14-. The molecule has 0 unspecified atom stereocenters. The summed E-state index contributed by atoms with van der Waals surface area (Å²) in [5.41, 5.74) is 1.44. The molecule has 1 heterocycles. The van der Waals surface area contributed by atoms with Gasteiger partial charge in [0.15, 0.2) is 11.5 Å². The number of amides is 1. The van der Waals surface area contributed by atoms with Crippen LogP contribution >= 0.6 is 63.1 Å². The van der Waals surface area contributed by atoms with Gasteiger partial charge in [-0.15, -0.1) is 0 Å². The minimum Gasteiger partial charge on any atom is -0.490 e. The molecule has 1 aliphatic rings. The molecule has 198 valence electrons. The molecule has 0 spiro atoms. The maximum absolute atomic E-state index is 13.0. The van der Waals surface area contributed by atoms with Crippen molar-refractivity contribution in [1.82, 2.24) is 4.90 Å². The van der Waals surface area contributed by atoms with Gasteiger partial charge in [-0.05, 0) is 71.6 Å². The normalized spacial score (nSPS) is 14.4. The van der Waals surface area contributed by atoms with E-state index in [1.54, 1.807) is 29.2 Å². The number of hydrogen-bond acceptors (Lipinski definition) is 7. The van der Waals surface area contributed by atoms with Crippen molar-refractivity contribution in [3.63, 3.8) is 0 Å². The summed E-state index contributed by atoms with van der Waals surface area (Å²) in [5.74, 6) is 0.669. The van der Waals surface area contributed by atoms with Gasteiger partial charge in [0.2, 0.25) is 0 Å². The van der Waals surface area contributed by atoms with Crippen molar-refractivity contribution in [1.29, 1.82) is 0 Å². The van der Waals surface area contributed by atoms with Crippen molar-refractivity contribution in [2.45, 2.75) is 39.2 Å². The molecular formula is C26H26BrCl2NO5S2. The fourth-order valence-electron chi connectivity index (χ4n) is 3.55. The van der Waals surface area contributed by atoms with E-state index in [1.165, 1.54) is 18.9 Å². The first kappa shape index (κ1) is 29.8. The van der Waals surface area contributed by atoms with Crippen LogP contribution in [0.4, 0.5) is 0 Å². The van der Waals surface area contributed by atoms with Gasteiger partial charge in [0, 0.05) is 28.6 Å². The molecule has 0 aliphatic carbocycles. The fraction of sp³-hybridized carbons (Fsp3) is 0.346. The van der Waals surface area contributed by atoms with Crippen LogP contribution in [-0.4, -0.2) is 41.4 Å². The quantitative estimate of drug-likeness (QED) is 0.101. The van der Waals surface area contributed by atoms with E-state index in [0.717, 1.165) is 18.4 Å². The molecule has 1 fully saturated rings. The molecule has 0 bridgehead atoms. The summed E-state index contributed by atoms with van der Waals surface area (Å²) in [6.45, 7) is 2.98. The Bertz CT molecular complexity index is 1190. The lowest BCUT2D eigenvalue weighted by Gasteiger charge is -2.16. The first-order chi connectivity index (χ1) is 17.7. The molecule has 1 saturated heterocycles. The van der Waals surface area contributed by atoms with Crippen LogP contribution in [0.25, 0.3) is 6.08 Å². The summed E-state index contributed by atoms with van der Waals surface area (Å²) in [7, 11) is 1.38. The smallest absolute Gasteiger partial charge is 0.305 e. The van der Waals surface area contributed by atoms with Crippen LogP contribution in [0, 0.1) is 0 Å². The van der Waals surface area contributed by atoms with Gasteiger partial charge in [-0.1, -0.05) is 59.7 Å². The maximum atomic E-state index is 13.0. The maximum Gasteiger partial charge on any atom is 0.305 e. The number of esters is 1. The number of carbonyl (C=O) groups is 2. The lowest BCUT2D eigenvalue weighted by molar-refractivity contribution is -0.140. The third kappa shape index (κ3) is 8.10. The van der Waals surface area contributed by atoms with E-state index >= 15 is 0 Å². The van der Waals surface area contributed by atoms with Gasteiger partial charge in [-0.3, -0.25) is 14.5 Å². The highest BCUT2D eigenvalue weighted by molar-refractivity contribution is 9.10. The van der Waals surface area contributed by atoms with Crippen molar-refractivity contribution >= 4 is 85.4 Å². The highest BCUT2D eigenvalue weighted by atomic mass is 79.9. The van der Waals surface area contributed by atoms with Gasteiger partial charge in [0.25, 0.3) is 5.91 Å². The predicted octanol–water partition coefficient (Wildman–Crippen LogP) is 7.67. The zero-order valence-corrected chi connectivity index (χ0v) is 25.1. The van der Waals surface area contributed by atoms with Gasteiger partial charge in [-0.2, -0.15) is 0 Å². The van der Waals surface area contributed by atoms with Crippen molar-refractivity contribution in [3.8, 4) is 11.5 Å². The number of benzene rings is 2. The Kier molecular flexibility index (Phi) is 11.6. The predicted molar refractivity (Wildman–Crippen MR) is 156 cm³/mol. The number of unbranched alkanes of at least 4 members (excludes halogenated alkanes) is 2. The Morgan fingerprint density at radius 1 is 1.16 bits per heavy atom. The van der Waals surface area contributed by atoms with Gasteiger partial charge >= 0.3 is 5.97 Å². The molecule has 2 aromatic rings. The van der Waals surface area contributed by atoms with E-state index in [9.17, 15) is 9.59 Å². The zero-order valence-electron chi connectivity index (χ0n) is 20.4. The Labute approximate surface area is 244 Å². The first-order valence-corrected chi connectivity index (χ1v) is 14.4. The molecule has 1 amide bonds. The number of thioether (sulfide) groups is 1. The zero-order chi connectivity index (χ0) is 26.9. The second-order valence-electron chi connectivity index (χ2n) is 7.97. The minimum atomic E-state index is -0.227. The number of rotatable bonds is 12. The highest BCUT2D eigenvalue weighted by Crippen LogP contribution is 2.40. The molecule has 6 nitrogen and oxygen atoms in total. The van der Waals surface area contributed by atoms with Crippen LogP contribution in [-0.2, 0) is 20.9 Å². The highest BCUT2D eigenvalue weighted by Gasteiger charge is 2.31. The van der Waals surface area contributed by atoms with Gasteiger partial charge in [-0.25, -0.2) is 0 Å². The third-order valence-corrected chi connectivity index (χ3v) is 8.09. The van der Waals surface area contributed by atoms with E-state index in [0.29, 0.717) is 66.8 Å². The van der Waals surface area contributed by atoms with Gasteiger partial charge in [0.1, 0.15) is 10.9 Å². The van der Waals surface area contributed by atoms with Crippen molar-refractivity contribution in [2.24, 2.45) is 0 Å². The topological polar surface area (TPSA) is 65.1 Å². The number of ether oxygens (including phenoxy) is 3. The van der Waals surface area contributed by atoms with Crippen molar-refractivity contribution in [3.05, 3.63) is 60.9 Å². The molecule has 0 saturated carbocycles. The summed E-state index contributed by atoms with van der Waals surface area (Å²) in [6.07, 6.45) is 4.42. The number of hydrogen-bond donors (Lipinski definition) is 0. The molecule has 2 aromatic carbocycles. The molecule has 3 rings (SSSR count). The molecule has 0 atom stereocenters. The molecule has 1 aliphatic heterocycles. The van der Waals surface area contributed by atoms with E-state index < -0.39 is 0 Å². The van der Waals surface area contributed by atoms with E-state index in [4.69, 9.17) is 44.9 Å². The summed E-state index contributed by atoms with van der Waals surface area (Å²) in [6, 6.07) is 8.96. The fourth-order valence-corrected chi connectivity index (χ4v) is 5.94. The Balaban J connectivity index is 1.71. The van der Waals surface area contributed by atoms with Crippen molar-refractivity contribution < 1.29 is 23.8 Å². The minimum absolute atomic E-state index is 0.134. The van der Waals surface area contributed by atoms with Crippen LogP contribution in [0.15, 0.2) is 39.7 Å². The number of methoxy groups -OCH3 is 1. The SMILES string of the molecule is CCOc1cc(/C=C2\SC(=S)N(CCCCCC(=O)OC)C2=O)cc(Br)c1OCc1c(Cl)cccc1Cl. The van der Waals surface area contributed by atoms with Crippen LogP contribution in [0.1, 0.15) is 43.7 Å². The Morgan fingerprint density at radius 3 is 2.57 bits per heavy atom. The van der Waals surface area contributed by atoms with Crippen molar-refractivity contribution in [2.75, 3.05) is 20.3 Å². The largest absolute Gasteiger partial charge is 0.490 e. The second-order valence-corrected chi connectivity index (χ2v) is 11.3. The molecular weight excluding hydrogens is 621 g/mol. The van der Waals surface area contributed by atoms with E-state index in [2.05, 4.69) is 20.7 Å². The Hall–Kier alpha value is -1.78. The molecule has 0 N–H and O–H groups in total. The number of halogens is 3. The molecule has 11 heteroatoms. The van der Waals surface area contributed by atoms with Crippen LogP contribution in [0.5, 0.6) is 11.5 Å². The lowest BCUT2D eigenvalue weighted by Crippen LogP contribution is -2.29. The number of carbonyl (C=O) groups excluding carboxylic acids is 2. The molecule has 0 radical (unpaired) electrons. The Morgan fingerprint density at radius 2 is 1.89 bits per heavy atom. The van der Waals surface area contributed by atoms with Crippen LogP contribution < -0.4 is 9.47 Å². The summed E-state index contributed by atoms with van der Waals surface area (Å²) in [5, 5.41) is 1.03. The monoisotopic (exact) mass is 645 g/mol. The lowest BCUT2D eigenvalue weighted by atomic mass is 10.1. The van der Waals surface area contributed by atoms with Gasteiger partial charge < -0.3 is 14.2 Å². The second kappa shape index (κ2) is 14.4. The summed E-state index contributed by atoms with van der Waals surface area (Å²) < 4.78 is 17.7. The molecule has 0 aromatic heterocycles. The number of nitrogens with zero attached hydrogens (tertiary/aromatic N) is 1. The molecule has 37 heavy (non-hydrogen) atoms. The average Bonchev–Trinajstić information content (AvgIpc) is 3.11. The van der Waals surface area contributed by atoms with Crippen LogP contribution in [0.2, 0.25) is 10.0 Å². The first-order valence-electron chi connectivity index (χ1n) is 11.6. The van der Waals surface area contributed by atoms with Crippen LogP contribution in [0.3, 0.4) is 0 Å². The van der Waals surface area contributed by atoms with E-state index in [1.807, 2.05) is 19.1 Å². The summed E-state index contributed by atoms with van der Waals surface area (Å²) in [4.78, 5) is 26.4. The number of thiocarbonyl (C=S) groups is 1. The average molecular weight is 647 g/mol. The van der Waals surface area contributed by atoms with Gasteiger partial charge in [0.05, 0.1) is 23.1 Å².